The summed E-state index contributed by atoms with van der Waals surface area (Å²) in [6.07, 6.45) is 2.42. The summed E-state index contributed by atoms with van der Waals surface area (Å²) in [4.78, 5) is 22.1. The van der Waals surface area contributed by atoms with Crippen molar-refractivity contribution in [3.8, 4) is 0 Å². The van der Waals surface area contributed by atoms with E-state index in [4.69, 9.17) is 0 Å². The summed E-state index contributed by atoms with van der Waals surface area (Å²) in [6, 6.07) is 10.2. The van der Waals surface area contributed by atoms with E-state index in [0.29, 0.717) is 11.1 Å². The minimum absolute atomic E-state index is 0.514. The molecule has 2 rings (SSSR count). The Balaban J connectivity index is 2.28. The van der Waals surface area contributed by atoms with Crippen molar-refractivity contribution in [2.75, 3.05) is 0 Å². The third-order valence-corrected chi connectivity index (χ3v) is 3.58. The smallest absolute Gasteiger partial charge is 0.152 e. The van der Waals surface area contributed by atoms with Crippen LogP contribution in [0, 0.1) is 13.8 Å². The summed E-state index contributed by atoms with van der Waals surface area (Å²) in [6.45, 7) is 4.54. The fourth-order valence-corrected chi connectivity index (χ4v) is 2.45. The Morgan fingerprint density at radius 2 is 1.47 bits per heavy atom. The van der Waals surface area contributed by atoms with Crippen LogP contribution in [0.2, 0.25) is 0 Å². The van der Waals surface area contributed by atoms with Crippen LogP contribution in [-0.4, -0.2) is 17.1 Å². The third kappa shape index (κ3) is 2.50. The highest BCUT2D eigenvalue weighted by Crippen LogP contribution is 2.19. The molecule has 0 aliphatic rings. The summed E-state index contributed by atoms with van der Waals surface area (Å²) in [5.74, 6) is 0. The molecule has 0 radical (unpaired) electrons. The van der Waals surface area contributed by atoms with Gasteiger partial charge in [-0.15, -0.1) is 0 Å². The molecule has 0 aliphatic carbocycles. The molecule has 0 bridgehead atoms. The van der Waals surface area contributed by atoms with Crippen LogP contribution in [0.1, 0.15) is 37.7 Å². The Bertz CT molecular complexity index is 565. The van der Waals surface area contributed by atoms with Crippen molar-refractivity contribution in [1.82, 2.24) is 4.57 Å². The molecule has 0 atom stereocenters. The molecule has 98 valence electrons. The van der Waals surface area contributed by atoms with Gasteiger partial charge in [0.25, 0.3) is 0 Å². The van der Waals surface area contributed by atoms with Crippen LogP contribution in [-0.2, 0) is 13.0 Å². The molecule has 0 N–H and O–H groups in total. The van der Waals surface area contributed by atoms with Gasteiger partial charge in [-0.1, -0.05) is 30.3 Å². The second kappa shape index (κ2) is 5.65. The first kappa shape index (κ1) is 13.3. The van der Waals surface area contributed by atoms with Crippen LogP contribution in [0.3, 0.4) is 0 Å². The lowest BCUT2D eigenvalue weighted by molar-refractivity contribution is 0.109. The number of hydrogen-bond acceptors (Lipinski definition) is 2. The summed E-state index contributed by atoms with van der Waals surface area (Å²) < 4.78 is 2.04. The predicted molar refractivity (Wildman–Crippen MR) is 74.8 cm³/mol. The largest absolute Gasteiger partial charge is 0.347 e. The number of rotatable bonds is 5. The molecular weight excluding hydrogens is 238 g/mol. The molecule has 0 spiro atoms. The molecule has 1 aromatic heterocycles. The van der Waals surface area contributed by atoms with Crippen LogP contribution < -0.4 is 0 Å². The van der Waals surface area contributed by atoms with Crippen molar-refractivity contribution in [3.05, 3.63) is 58.4 Å². The Morgan fingerprint density at radius 3 is 1.95 bits per heavy atom. The maximum Gasteiger partial charge on any atom is 0.152 e. The number of nitrogens with zero attached hydrogens (tertiary/aromatic N) is 1. The molecule has 1 aromatic carbocycles. The predicted octanol–water partition coefficient (Wildman–Crippen LogP) is 2.97. The molecule has 0 fully saturated rings. The number of hydrogen-bond donors (Lipinski definition) is 0. The molecule has 0 saturated heterocycles. The normalized spacial score (nSPS) is 10.4. The van der Waals surface area contributed by atoms with Gasteiger partial charge in [-0.05, 0) is 25.8 Å². The zero-order valence-corrected chi connectivity index (χ0v) is 11.2. The zero-order chi connectivity index (χ0) is 13.8. The van der Waals surface area contributed by atoms with Gasteiger partial charge in [0.15, 0.2) is 12.6 Å². The number of aldehydes is 2. The van der Waals surface area contributed by atoms with Gasteiger partial charge in [0, 0.05) is 29.1 Å². The maximum atomic E-state index is 11.1. The van der Waals surface area contributed by atoms with Gasteiger partial charge in [-0.2, -0.15) is 0 Å². The fraction of sp³-hybridized carbons (Fsp3) is 0.250. The van der Waals surface area contributed by atoms with Crippen molar-refractivity contribution < 1.29 is 9.59 Å². The second-order valence-electron chi connectivity index (χ2n) is 4.62. The van der Waals surface area contributed by atoms with Gasteiger partial charge >= 0.3 is 0 Å². The zero-order valence-electron chi connectivity index (χ0n) is 11.2. The monoisotopic (exact) mass is 255 g/mol. The van der Waals surface area contributed by atoms with Gasteiger partial charge in [0.1, 0.15) is 0 Å². The lowest BCUT2D eigenvalue weighted by Gasteiger charge is -2.09. The van der Waals surface area contributed by atoms with Crippen molar-refractivity contribution in [1.29, 1.82) is 0 Å². The van der Waals surface area contributed by atoms with Crippen molar-refractivity contribution >= 4 is 12.6 Å². The lowest BCUT2D eigenvalue weighted by atomic mass is 10.1. The van der Waals surface area contributed by atoms with Crippen LogP contribution >= 0.6 is 0 Å². The highest BCUT2D eigenvalue weighted by molar-refractivity contribution is 5.93. The fourth-order valence-electron chi connectivity index (χ4n) is 2.45. The molecule has 0 unspecified atom stereocenters. The maximum absolute atomic E-state index is 11.1. The Morgan fingerprint density at radius 1 is 0.947 bits per heavy atom. The molecule has 0 aliphatic heterocycles. The minimum Gasteiger partial charge on any atom is -0.347 e. The van der Waals surface area contributed by atoms with Crippen molar-refractivity contribution in [3.63, 3.8) is 0 Å². The van der Waals surface area contributed by atoms with E-state index < -0.39 is 0 Å². The topological polar surface area (TPSA) is 39.1 Å². The highest BCUT2D eigenvalue weighted by atomic mass is 16.1. The second-order valence-corrected chi connectivity index (χ2v) is 4.62. The minimum atomic E-state index is 0.514. The number of carbonyl (C=O) groups is 2. The number of benzene rings is 1. The molecule has 0 saturated carbocycles. The molecule has 0 amide bonds. The third-order valence-electron chi connectivity index (χ3n) is 3.58. The standard InChI is InChI=1S/C16H17NO2/c1-12-15(10-18)16(11-19)13(2)17(12)9-8-14-6-4-3-5-7-14/h3-7,10-11H,8-9H2,1-2H3. The lowest BCUT2D eigenvalue weighted by Crippen LogP contribution is -2.05. The number of carbonyl (C=O) groups excluding carboxylic acids is 2. The number of aryl methyl sites for hydroxylation is 1. The van der Waals surface area contributed by atoms with Crippen LogP contribution in [0.4, 0.5) is 0 Å². The van der Waals surface area contributed by atoms with E-state index in [1.807, 2.05) is 36.6 Å². The van der Waals surface area contributed by atoms with Crippen LogP contribution in [0.25, 0.3) is 0 Å². The van der Waals surface area contributed by atoms with Crippen LogP contribution in [0.5, 0.6) is 0 Å². The molecule has 1 heterocycles. The van der Waals surface area contributed by atoms with Gasteiger partial charge in [-0.25, -0.2) is 0 Å². The molecule has 3 heteroatoms. The first-order valence-electron chi connectivity index (χ1n) is 6.33. The quantitative estimate of drug-likeness (QED) is 0.770. The van der Waals surface area contributed by atoms with E-state index in [0.717, 1.165) is 36.9 Å². The van der Waals surface area contributed by atoms with Gasteiger partial charge in [0.2, 0.25) is 0 Å². The molecule has 3 nitrogen and oxygen atoms in total. The molecule has 19 heavy (non-hydrogen) atoms. The average molecular weight is 255 g/mol. The van der Waals surface area contributed by atoms with Gasteiger partial charge in [0.05, 0.1) is 0 Å². The Kier molecular flexibility index (Phi) is 3.95. The van der Waals surface area contributed by atoms with Gasteiger partial charge in [-0.3, -0.25) is 9.59 Å². The van der Waals surface area contributed by atoms with Crippen molar-refractivity contribution in [2.24, 2.45) is 0 Å². The van der Waals surface area contributed by atoms with E-state index in [9.17, 15) is 9.59 Å². The first-order chi connectivity index (χ1) is 9.19. The highest BCUT2D eigenvalue weighted by Gasteiger charge is 2.16. The van der Waals surface area contributed by atoms with E-state index >= 15 is 0 Å². The Hall–Kier alpha value is -2.16. The van der Waals surface area contributed by atoms with E-state index in [1.54, 1.807) is 0 Å². The molecular formula is C16H17NO2. The van der Waals surface area contributed by atoms with E-state index in [1.165, 1.54) is 5.56 Å². The van der Waals surface area contributed by atoms with Crippen LogP contribution in [0.15, 0.2) is 30.3 Å². The molecule has 2 aromatic rings. The Labute approximate surface area is 112 Å². The summed E-state index contributed by atoms with van der Waals surface area (Å²) in [5, 5.41) is 0. The van der Waals surface area contributed by atoms with E-state index in [2.05, 4.69) is 12.1 Å². The van der Waals surface area contributed by atoms with Gasteiger partial charge < -0.3 is 4.57 Å². The van der Waals surface area contributed by atoms with Crippen molar-refractivity contribution in [2.45, 2.75) is 26.8 Å². The first-order valence-corrected chi connectivity index (χ1v) is 6.33. The summed E-state index contributed by atoms with van der Waals surface area (Å²) in [7, 11) is 0. The SMILES string of the molecule is Cc1c(C=O)c(C=O)c(C)n1CCc1ccccc1. The average Bonchev–Trinajstić information content (AvgIpc) is 2.68. The van der Waals surface area contributed by atoms with E-state index in [-0.39, 0.29) is 0 Å². The summed E-state index contributed by atoms with van der Waals surface area (Å²) >= 11 is 0. The number of aromatic nitrogens is 1. The summed E-state index contributed by atoms with van der Waals surface area (Å²) in [5.41, 5.74) is 4.01.